The van der Waals surface area contributed by atoms with Crippen molar-refractivity contribution in [3.63, 3.8) is 0 Å². The Balaban J connectivity index is 0.935. The highest BCUT2D eigenvalue weighted by Gasteiger charge is 2.58. The number of phenolic OH excluding ortho intramolecular Hbond substituents is 25. The fourth-order valence-corrected chi connectivity index (χ4v) is 13.6. The average Bonchev–Trinajstić information content (AvgIpc) is 1.72. The van der Waals surface area contributed by atoms with Crippen LogP contribution in [0.25, 0.3) is 33.4 Å². The lowest BCUT2D eigenvalue weighted by Gasteiger charge is -2.44. The predicted molar refractivity (Wildman–Crippen MR) is 379 cm³/mol. The second-order valence-corrected chi connectivity index (χ2v) is 26.8. The van der Waals surface area contributed by atoms with E-state index in [2.05, 4.69) is 0 Å². The van der Waals surface area contributed by atoms with Crippen molar-refractivity contribution in [2.24, 2.45) is 0 Å². The molecule has 0 saturated carbocycles. The summed E-state index contributed by atoms with van der Waals surface area (Å²) < 4.78 is 67.6. The Morgan fingerprint density at radius 3 is 1.08 bits per heavy atom. The third kappa shape index (κ3) is 13.6. The molecule has 0 bridgehead atoms. The summed E-state index contributed by atoms with van der Waals surface area (Å²) in [5, 5.41) is 298. The molecule has 0 spiro atoms. The Labute approximate surface area is 675 Å². The molecule has 27 N–H and O–H groups in total. The number of aliphatic hydroxyl groups is 2. The van der Waals surface area contributed by atoms with E-state index in [4.69, 9.17) is 56.8 Å². The molecule has 0 amide bonds. The standard InChI is InChI=1S/C75H52O48/c76-12-34-59(61-63(74(111)115-34)121-71(108)20-9-31(85)47(91)54(98)39(20)38-18(69(106)119-61)7-29(83)46(90)53(38)97)117-73(110)22-11-33(114-65(102)14-1-23(77)42(86)24(78)2-14)50(94)57(101)58(22)113-32-10-21-41(56(100)49(32)93)40-19(8-30(84)48(92)55(40)99)70(107)120-62-60-35(116-75(64(62)122-72(21)109)123-66(103)15-3-25(79)43(87)26(80)4-15)13-112-67(104)16-5-27(81)44(88)51(95)36(16)37-17(68(105)118-60)6-28(82)45(89)52(37)96/h1-11,34-35,59-64,74-101,111H,12-13H2/t34-,35-,59-,60-,61+,62+,63-,64-,74-,75+/m1/s1. The lowest BCUT2D eigenvalue weighted by Crippen LogP contribution is -2.63. The monoisotopic (exact) mass is 1720 g/mol. The van der Waals surface area contributed by atoms with Gasteiger partial charge in [-0.25, -0.2) is 43.2 Å². The van der Waals surface area contributed by atoms with Crippen LogP contribution in [0, 0.1) is 0 Å². The number of phenols is 25. The van der Waals surface area contributed by atoms with E-state index in [9.17, 15) is 162 Å². The molecule has 48 nitrogen and oxygen atoms in total. The van der Waals surface area contributed by atoms with Crippen molar-refractivity contribution in [3.05, 3.63) is 117 Å². The molecule has 5 heterocycles. The number of benzene rings is 9. The van der Waals surface area contributed by atoms with E-state index in [0.29, 0.717) is 42.5 Å². The molecule has 5 aliphatic heterocycles. The molecule has 14 rings (SSSR count). The number of carbonyl (C=O) groups excluding carboxylic acids is 9. The van der Waals surface area contributed by atoms with Crippen LogP contribution in [-0.4, -0.2) is 266 Å². The molecule has 48 heteroatoms. The van der Waals surface area contributed by atoms with Crippen LogP contribution in [0.4, 0.5) is 0 Å². The number of rotatable bonds is 9. The van der Waals surface area contributed by atoms with Crippen molar-refractivity contribution in [1.29, 1.82) is 0 Å². The van der Waals surface area contributed by atoms with Gasteiger partial charge >= 0.3 is 53.7 Å². The van der Waals surface area contributed by atoms with Gasteiger partial charge in [0, 0.05) is 45.5 Å². The van der Waals surface area contributed by atoms with Gasteiger partial charge in [-0.05, 0) is 54.6 Å². The van der Waals surface area contributed by atoms with E-state index in [1.807, 2.05) is 0 Å². The molecule has 0 radical (unpaired) electrons. The Kier molecular flexibility index (Phi) is 20.2. The minimum Gasteiger partial charge on any atom is -0.504 e. The van der Waals surface area contributed by atoms with Crippen molar-refractivity contribution in [3.8, 4) is 194 Å². The number of fused-ring (bicyclic) bond motifs is 13. The first-order valence-corrected chi connectivity index (χ1v) is 34.2. The van der Waals surface area contributed by atoms with Gasteiger partial charge in [0.1, 0.15) is 24.4 Å². The minimum atomic E-state index is -2.96. The molecule has 9 aromatic rings. The zero-order valence-corrected chi connectivity index (χ0v) is 60.2. The van der Waals surface area contributed by atoms with Crippen molar-refractivity contribution < 1.29 is 238 Å². The lowest BCUT2D eigenvalue weighted by molar-refractivity contribution is -0.284. The summed E-state index contributed by atoms with van der Waals surface area (Å²) in [5.74, 6) is -60.7. The maximum absolute atomic E-state index is 15.8. The molecular formula is C75H52O48. The molecule has 123 heavy (non-hydrogen) atoms. The Bertz CT molecular complexity index is 6140. The van der Waals surface area contributed by atoms with E-state index in [1.165, 1.54) is 0 Å². The van der Waals surface area contributed by atoms with Gasteiger partial charge in [0.15, 0.2) is 152 Å². The van der Waals surface area contributed by atoms with Crippen LogP contribution in [0.15, 0.2) is 66.7 Å². The molecule has 5 aliphatic rings. The molecule has 9 aromatic carbocycles. The van der Waals surface area contributed by atoms with Crippen molar-refractivity contribution in [1.82, 2.24) is 0 Å². The fourth-order valence-electron chi connectivity index (χ4n) is 13.6. The summed E-state index contributed by atoms with van der Waals surface area (Å²) in [6.07, 6.45) is -27.1. The van der Waals surface area contributed by atoms with Gasteiger partial charge in [-0.1, -0.05) is 0 Å². The van der Waals surface area contributed by atoms with Crippen LogP contribution in [0.1, 0.15) is 93.2 Å². The predicted octanol–water partition coefficient (Wildman–Crippen LogP) is 2.38. The normalized spacial score (nSPS) is 20.3. The first kappa shape index (κ1) is 82.4. The fraction of sp³-hybridized carbons (Fsp3) is 0.160. The van der Waals surface area contributed by atoms with Crippen LogP contribution in [0.5, 0.6) is 161 Å². The van der Waals surface area contributed by atoms with Crippen LogP contribution < -0.4 is 9.47 Å². The van der Waals surface area contributed by atoms with Gasteiger partial charge in [0.05, 0.1) is 51.1 Å². The second kappa shape index (κ2) is 30.1. The summed E-state index contributed by atoms with van der Waals surface area (Å²) in [7, 11) is 0. The number of hydrogen-bond acceptors (Lipinski definition) is 48. The lowest BCUT2D eigenvalue weighted by atomic mass is 9.90. The topological polar surface area (TPSA) is 811 Å². The number of aromatic hydroxyl groups is 25. The van der Waals surface area contributed by atoms with Gasteiger partial charge in [0.25, 0.3) is 0 Å². The second-order valence-electron chi connectivity index (χ2n) is 26.8. The maximum Gasteiger partial charge on any atom is 0.343 e. The van der Waals surface area contributed by atoms with E-state index in [-0.39, 0.29) is 24.3 Å². The van der Waals surface area contributed by atoms with Gasteiger partial charge in [0.2, 0.25) is 58.4 Å². The highest BCUT2D eigenvalue weighted by Crippen LogP contribution is 2.60. The highest BCUT2D eigenvalue weighted by molar-refractivity contribution is 6.12. The Morgan fingerprint density at radius 1 is 0.325 bits per heavy atom. The summed E-state index contributed by atoms with van der Waals surface area (Å²) in [5.41, 5.74) is -19.2. The third-order valence-corrected chi connectivity index (χ3v) is 19.5. The Hall–Kier alpha value is -17.1. The zero-order chi connectivity index (χ0) is 89.5. The number of carbonyl (C=O) groups is 9. The molecule has 0 aromatic heterocycles. The summed E-state index contributed by atoms with van der Waals surface area (Å²) in [6.45, 7) is -3.01. The number of aliphatic hydroxyl groups excluding tert-OH is 2. The average molecular weight is 1720 g/mol. The van der Waals surface area contributed by atoms with Crippen LogP contribution in [-0.2, 0) is 47.4 Å². The Morgan fingerprint density at radius 2 is 0.667 bits per heavy atom. The summed E-state index contributed by atoms with van der Waals surface area (Å²) in [6, 6.07) is 3.43. The van der Waals surface area contributed by atoms with Crippen molar-refractivity contribution in [2.45, 2.75) is 61.4 Å². The number of ether oxygens (including phenoxy) is 12. The zero-order valence-electron chi connectivity index (χ0n) is 60.2. The van der Waals surface area contributed by atoms with Gasteiger partial charge in [-0.2, -0.15) is 0 Å². The van der Waals surface area contributed by atoms with E-state index in [1.54, 1.807) is 0 Å². The first-order chi connectivity index (χ1) is 57.9. The third-order valence-electron chi connectivity index (χ3n) is 19.5. The molecule has 10 atom stereocenters. The molecule has 0 aliphatic carbocycles. The molecule has 0 unspecified atom stereocenters. The minimum absolute atomic E-state index is 0.115. The van der Waals surface area contributed by atoms with E-state index < -0.39 is 373 Å². The maximum atomic E-state index is 15.8. The number of esters is 9. The highest BCUT2D eigenvalue weighted by atomic mass is 16.8. The largest absolute Gasteiger partial charge is 0.504 e. The van der Waals surface area contributed by atoms with Crippen LogP contribution in [0.3, 0.4) is 0 Å². The van der Waals surface area contributed by atoms with Crippen molar-refractivity contribution in [2.75, 3.05) is 13.2 Å². The van der Waals surface area contributed by atoms with E-state index in [0.717, 1.165) is 0 Å². The number of hydrogen-bond donors (Lipinski definition) is 27. The molecular weight excluding hydrogens is 1670 g/mol. The van der Waals surface area contributed by atoms with Gasteiger partial charge in [-0.3, -0.25) is 0 Å². The smallest absolute Gasteiger partial charge is 0.343 e. The quantitative estimate of drug-likeness (QED) is 0.0427. The molecule has 2 saturated heterocycles. The SMILES string of the molecule is O=C(Oc1cc(C(=O)O[C@H]2[C@@H]3OC(=O)c4cc(O)c(O)c(O)c4-c4c(cc(O)c(O)c4O)C(=O)O[C@H]3[C@H](O)O[C@@H]2CO)c(Oc2cc3c(c(O)c2O)-c2c(cc(O)c(O)c2O)C(=O)O[C@@H]2[C@@H](OC3=O)[C@H](OC(=O)c3cc(O)c(O)c(O)c3)O[C@@H]3COC(=O)c4cc(O)c(O)c(O)c4-c4c(cc(O)c(O)c4O)C(=O)O[C@@H]23)c(O)c1O)c1cc(O)c(O)c(O)c1. The first-order valence-electron chi connectivity index (χ1n) is 34.2. The van der Waals surface area contributed by atoms with Crippen molar-refractivity contribution >= 4 is 53.7 Å². The summed E-state index contributed by atoms with van der Waals surface area (Å²) >= 11 is 0. The molecule has 640 valence electrons. The van der Waals surface area contributed by atoms with Gasteiger partial charge < -0.3 is 195 Å². The van der Waals surface area contributed by atoms with Gasteiger partial charge in [-0.15, -0.1) is 0 Å². The number of cyclic esters (lactones) is 1. The molecule has 2 fully saturated rings. The summed E-state index contributed by atoms with van der Waals surface area (Å²) in [4.78, 5) is 133. The van der Waals surface area contributed by atoms with Crippen LogP contribution in [0.2, 0.25) is 0 Å². The van der Waals surface area contributed by atoms with Crippen LogP contribution >= 0.6 is 0 Å². The van der Waals surface area contributed by atoms with E-state index >= 15 is 19.2 Å².